The fourth-order valence-corrected chi connectivity index (χ4v) is 3.86. The number of halogens is 2. The van der Waals surface area contributed by atoms with Gasteiger partial charge in [-0.05, 0) is 42.3 Å². The highest BCUT2D eigenvalue weighted by Gasteiger charge is 2.15. The fourth-order valence-electron chi connectivity index (χ4n) is 2.51. The molecule has 0 radical (unpaired) electrons. The van der Waals surface area contributed by atoms with E-state index < -0.39 is 0 Å². The molecule has 25 heavy (non-hydrogen) atoms. The zero-order valence-corrected chi connectivity index (χ0v) is 15.9. The maximum Gasteiger partial charge on any atom is 0.231 e. The molecule has 1 aliphatic rings. The van der Waals surface area contributed by atoms with E-state index in [1.54, 1.807) is 23.9 Å². The lowest BCUT2D eigenvalue weighted by Crippen LogP contribution is -2.28. The van der Waals surface area contributed by atoms with Crippen LogP contribution in [-0.2, 0) is 10.5 Å². The van der Waals surface area contributed by atoms with Crippen molar-refractivity contribution in [2.45, 2.75) is 18.7 Å². The van der Waals surface area contributed by atoms with Crippen molar-refractivity contribution in [1.82, 2.24) is 5.32 Å². The molecule has 0 fully saturated rings. The fraction of sp³-hybridized carbons (Fsp3) is 0.278. The highest BCUT2D eigenvalue weighted by Crippen LogP contribution is 2.33. The number of amides is 1. The molecule has 1 aliphatic heterocycles. The Morgan fingerprint density at radius 3 is 2.80 bits per heavy atom. The second-order valence-electron chi connectivity index (χ2n) is 5.64. The summed E-state index contributed by atoms with van der Waals surface area (Å²) in [5.74, 6) is 2.57. The maximum absolute atomic E-state index is 12.1. The number of carbonyl (C=O) groups is 1. The minimum atomic E-state index is -0.177. The van der Waals surface area contributed by atoms with Crippen LogP contribution in [0.3, 0.4) is 0 Å². The van der Waals surface area contributed by atoms with E-state index in [0.717, 1.165) is 28.4 Å². The van der Waals surface area contributed by atoms with Gasteiger partial charge in [0.1, 0.15) is 0 Å². The minimum Gasteiger partial charge on any atom is -0.454 e. The highest BCUT2D eigenvalue weighted by molar-refractivity contribution is 7.99. The molecule has 0 unspecified atom stereocenters. The second-order valence-corrected chi connectivity index (χ2v) is 7.46. The Hall–Kier alpha value is -1.56. The molecule has 0 aromatic heterocycles. The summed E-state index contributed by atoms with van der Waals surface area (Å²) in [6.45, 7) is 2.16. The quantitative estimate of drug-likeness (QED) is 0.757. The Morgan fingerprint density at radius 1 is 1.20 bits per heavy atom. The standard InChI is InChI=1S/C18H17Cl2NO3S/c1-11(14-4-3-13(19)7-15(14)20)21-18(22)9-25-8-12-2-5-16-17(6-12)24-10-23-16/h2-7,11H,8-10H2,1H3,(H,21,22)/t11-/m0/s1. The molecule has 0 aliphatic carbocycles. The molecule has 3 rings (SSSR count). The summed E-state index contributed by atoms with van der Waals surface area (Å²) in [7, 11) is 0. The van der Waals surface area contributed by atoms with E-state index in [9.17, 15) is 4.79 Å². The molecule has 2 aromatic rings. The van der Waals surface area contributed by atoms with Crippen molar-refractivity contribution in [3.8, 4) is 11.5 Å². The lowest BCUT2D eigenvalue weighted by atomic mass is 10.1. The number of hydrogen-bond donors (Lipinski definition) is 1. The summed E-state index contributed by atoms with van der Waals surface area (Å²) in [6.07, 6.45) is 0. The van der Waals surface area contributed by atoms with Gasteiger partial charge in [-0.25, -0.2) is 0 Å². The summed E-state index contributed by atoms with van der Waals surface area (Å²) in [4.78, 5) is 12.1. The largest absolute Gasteiger partial charge is 0.454 e. The summed E-state index contributed by atoms with van der Waals surface area (Å²) in [5.41, 5.74) is 1.94. The van der Waals surface area contributed by atoms with Gasteiger partial charge in [0.05, 0.1) is 11.8 Å². The summed E-state index contributed by atoms with van der Waals surface area (Å²) >= 11 is 13.6. The van der Waals surface area contributed by atoms with Crippen molar-refractivity contribution >= 4 is 40.9 Å². The van der Waals surface area contributed by atoms with Gasteiger partial charge in [0.15, 0.2) is 11.5 Å². The van der Waals surface area contributed by atoms with Crippen LogP contribution in [0.15, 0.2) is 36.4 Å². The first kappa shape index (κ1) is 18.2. The number of fused-ring (bicyclic) bond motifs is 1. The van der Waals surface area contributed by atoms with E-state index in [-0.39, 0.29) is 18.7 Å². The molecule has 4 nitrogen and oxygen atoms in total. The van der Waals surface area contributed by atoms with Crippen LogP contribution >= 0.6 is 35.0 Å². The number of benzene rings is 2. The smallest absolute Gasteiger partial charge is 0.231 e. The normalized spacial score (nSPS) is 13.6. The predicted octanol–water partition coefficient (Wildman–Crippen LogP) is 4.83. The zero-order chi connectivity index (χ0) is 17.8. The highest BCUT2D eigenvalue weighted by atomic mass is 35.5. The Morgan fingerprint density at radius 2 is 2.00 bits per heavy atom. The zero-order valence-electron chi connectivity index (χ0n) is 13.6. The van der Waals surface area contributed by atoms with E-state index in [1.165, 1.54) is 0 Å². The Bertz CT molecular complexity index is 785. The molecule has 1 heterocycles. The van der Waals surface area contributed by atoms with Gasteiger partial charge in [0.2, 0.25) is 12.7 Å². The van der Waals surface area contributed by atoms with Crippen LogP contribution < -0.4 is 14.8 Å². The van der Waals surface area contributed by atoms with Crippen molar-refractivity contribution in [3.05, 3.63) is 57.6 Å². The van der Waals surface area contributed by atoms with E-state index in [1.807, 2.05) is 31.2 Å². The summed E-state index contributed by atoms with van der Waals surface area (Å²) in [5, 5.41) is 4.08. The van der Waals surface area contributed by atoms with Crippen LogP contribution in [0.25, 0.3) is 0 Å². The van der Waals surface area contributed by atoms with Gasteiger partial charge in [-0.15, -0.1) is 11.8 Å². The maximum atomic E-state index is 12.1. The van der Waals surface area contributed by atoms with E-state index in [0.29, 0.717) is 15.8 Å². The second kappa shape index (κ2) is 8.21. The van der Waals surface area contributed by atoms with E-state index >= 15 is 0 Å². The summed E-state index contributed by atoms with van der Waals surface area (Å²) < 4.78 is 10.6. The van der Waals surface area contributed by atoms with Gasteiger partial charge in [-0.3, -0.25) is 4.79 Å². The molecule has 0 bridgehead atoms. The van der Waals surface area contributed by atoms with Gasteiger partial charge in [-0.1, -0.05) is 35.3 Å². The molecule has 1 amide bonds. The first-order valence-electron chi connectivity index (χ1n) is 7.73. The Labute approximate surface area is 160 Å². The van der Waals surface area contributed by atoms with Crippen LogP contribution in [0.1, 0.15) is 24.1 Å². The molecule has 132 valence electrons. The first-order chi connectivity index (χ1) is 12.0. The topological polar surface area (TPSA) is 47.6 Å². The number of carbonyl (C=O) groups excluding carboxylic acids is 1. The number of ether oxygens (including phenoxy) is 2. The van der Waals surface area contributed by atoms with Gasteiger partial charge in [0, 0.05) is 15.8 Å². The van der Waals surface area contributed by atoms with Crippen LogP contribution in [0.5, 0.6) is 11.5 Å². The van der Waals surface area contributed by atoms with Crippen LogP contribution in [0.2, 0.25) is 10.0 Å². The molecular formula is C18H17Cl2NO3S. The van der Waals surface area contributed by atoms with E-state index in [2.05, 4.69) is 5.32 Å². The van der Waals surface area contributed by atoms with Gasteiger partial charge >= 0.3 is 0 Å². The average molecular weight is 398 g/mol. The van der Waals surface area contributed by atoms with E-state index in [4.69, 9.17) is 32.7 Å². The lowest BCUT2D eigenvalue weighted by molar-refractivity contribution is -0.119. The third-order valence-corrected chi connectivity index (χ3v) is 5.31. The van der Waals surface area contributed by atoms with Gasteiger partial charge in [0.25, 0.3) is 0 Å². The van der Waals surface area contributed by atoms with Crippen molar-refractivity contribution < 1.29 is 14.3 Å². The predicted molar refractivity (Wildman–Crippen MR) is 102 cm³/mol. The first-order valence-corrected chi connectivity index (χ1v) is 9.64. The third-order valence-electron chi connectivity index (χ3n) is 3.75. The molecule has 1 atom stereocenters. The van der Waals surface area contributed by atoms with Crippen LogP contribution in [0, 0.1) is 0 Å². The monoisotopic (exact) mass is 397 g/mol. The van der Waals surface area contributed by atoms with Crippen LogP contribution in [0.4, 0.5) is 0 Å². The van der Waals surface area contributed by atoms with Crippen LogP contribution in [-0.4, -0.2) is 18.5 Å². The van der Waals surface area contributed by atoms with Crippen molar-refractivity contribution in [2.24, 2.45) is 0 Å². The lowest BCUT2D eigenvalue weighted by Gasteiger charge is -2.16. The number of rotatable bonds is 6. The molecule has 1 N–H and O–H groups in total. The summed E-state index contributed by atoms with van der Waals surface area (Å²) in [6, 6.07) is 10.9. The molecule has 2 aromatic carbocycles. The Balaban J connectivity index is 1.48. The van der Waals surface area contributed by atoms with Crippen molar-refractivity contribution in [2.75, 3.05) is 12.5 Å². The molecule has 7 heteroatoms. The molecule has 0 spiro atoms. The van der Waals surface area contributed by atoms with Crippen molar-refractivity contribution in [3.63, 3.8) is 0 Å². The Kier molecular flexibility index (Phi) is 5.99. The molecule has 0 saturated carbocycles. The minimum absolute atomic E-state index is 0.0377. The number of hydrogen-bond acceptors (Lipinski definition) is 4. The number of nitrogens with one attached hydrogen (secondary N) is 1. The molecule has 0 saturated heterocycles. The average Bonchev–Trinajstić information content (AvgIpc) is 3.02. The van der Waals surface area contributed by atoms with Gasteiger partial charge in [-0.2, -0.15) is 0 Å². The number of thioether (sulfide) groups is 1. The van der Waals surface area contributed by atoms with Gasteiger partial charge < -0.3 is 14.8 Å². The van der Waals surface area contributed by atoms with Crippen molar-refractivity contribution in [1.29, 1.82) is 0 Å². The third kappa shape index (κ3) is 4.75. The molecular weight excluding hydrogens is 381 g/mol. The SMILES string of the molecule is C[C@H](NC(=O)CSCc1ccc2c(c1)OCO2)c1ccc(Cl)cc1Cl.